The Kier molecular flexibility index (Phi) is 9.83. The van der Waals surface area contributed by atoms with E-state index in [1.54, 1.807) is 7.11 Å². The van der Waals surface area contributed by atoms with Gasteiger partial charge < -0.3 is 20.1 Å². The fourth-order valence-corrected chi connectivity index (χ4v) is 2.40. The molecule has 164 valence electrons. The molecule has 0 radical (unpaired) electrons. The molecule has 2 aromatic rings. The number of alkyl halides is 3. The molecule has 0 spiro atoms. The number of carboxylic acids is 1. The Morgan fingerprint density at radius 2 is 1.60 bits per heavy atom. The summed E-state index contributed by atoms with van der Waals surface area (Å²) in [6.45, 7) is 1.45. The topological polar surface area (TPSA) is 78.9 Å². The van der Waals surface area contributed by atoms with Crippen LogP contribution in [0.2, 0.25) is 0 Å². The van der Waals surface area contributed by atoms with E-state index < -0.39 is 12.1 Å². The van der Waals surface area contributed by atoms with Gasteiger partial charge in [-0.2, -0.15) is 13.2 Å². The lowest BCUT2D eigenvalue weighted by Crippen LogP contribution is -2.24. The normalized spacial score (nSPS) is 10.8. The third kappa shape index (κ3) is 9.92. The number of hydrogen-bond donors (Lipinski definition) is 2. The van der Waals surface area contributed by atoms with Crippen LogP contribution >= 0.6 is 0 Å². The number of carbonyl (C=O) groups is 2. The second-order valence-corrected chi connectivity index (χ2v) is 6.66. The minimum Gasteiger partial charge on any atom is -0.497 e. The molecule has 30 heavy (non-hydrogen) atoms. The lowest BCUT2D eigenvalue weighted by Gasteiger charge is -2.11. The molecule has 0 aliphatic rings. The molecule has 0 unspecified atom stereocenters. The second-order valence-electron chi connectivity index (χ2n) is 6.66. The van der Waals surface area contributed by atoms with Crippen LogP contribution in [0.1, 0.15) is 16.7 Å². The number of aliphatic carboxylic acids is 1. The van der Waals surface area contributed by atoms with Crippen molar-refractivity contribution in [3.63, 3.8) is 0 Å². The van der Waals surface area contributed by atoms with Crippen molar-refractivity contribution in [3.05, 3.63) is 65.2 Å². The number of amides is 1. The number of hydrogen-bond acceptors (Lipinski definition) is 4. The van der Waals surface area contributed by atoms with E-state index in [9.17, 15) is 18.0 Å². The third-order valence-electron chi connectivity index (χ3n) is 3.75. The van der Waals surface area contributed by atoms with E-state index in [-0.39, 0.29) is 5.91 Å². The van der Waals surface area contributed by atoms with Crippen molar-refractivity contribution in [2.75, 3.05) is 21.2 Å². The van der Waals surface area contributed by atoms with Gasteiger partial charge in [-0.05, 0) is 42.9 Å². The molecule has 2 aromatic carbocycles. The number of carboxylic acid groups (broad SMARTS) is 1. The Labute approximate surface area is 173 Å². The van der Waals surface area contributed by atoms with Crippen molar-refractivity contribution in [2.24, 2.45) is 0 Å². The van der Waals surface area contributed by atoms with E-state index in [1.165, 1.54) is 5.56 Å². The summed E-state index contributed by atoms with van der Waals surface area (Å²) < 4.78 is 36.9. The maximum atomic E-state index is 12.1. The average molecular weight is 426 g/mol. The summed E-state index contributed by atoms with van der Waals surface area (Å²) >= 11 is 0. The van der Waals surface area contributed by atoms with Gasteiger partial charge in [0.2, 0.25) is 5.91 Å². The van der Waals surface area contributed by atoms with E-state index in [0.29, 0.717) is 13.0 Å². The van der Waals surface area contributed by atoms with Crippen molar-refractivity contribution < 1.29 is 32.6 Å². The van der Waals surface area contributed by atoms with Crippen LogP contribution in [0, 0.1) is 0 Å². The number of methoxy groups -OCH3 is 1. The minimum absolute atomic E-state index is 0.0215. The maximum absolute atomic E-state index is 12.1. The fraction of sp³-hybridized carbons (Fsp3) is 0.333. The highest BCUT2D eigenvalue weighted by molar-refractivity contribution is 5.78. The van der Waals surface area contributed by atoms with E-state index in [4.69, 9.17) is 14.6 Å². The Balaban J connectivity index is 0.000000553. The summed E-state index contributed by atoms with van der Waals surface area (Å²) in [7, 11) is 5.72. The first-order valence-electron chi connectivity index (χ1n) is 8.93. The van der Waals surface area contributed by atoms with Crippen molar-refractivity contribution >= 4 is 11.9 Å². The molecule has 0 heterocycles. The first-order valence-corrected chi connectivity index (χ1v) is 8.93. The minimum atomic E-state index is -5.08. The number of benzene rings is 2. The van der Waals surface area contributed by atoms with Crippen LogP contribution in [0.4, 0.5) is 13.2 Å². The molecule has 6 nitrogen and oxygen atoms in total. The van der Waals surface area contributed by atoms with Gasteiger partial charge in [0.1, 0.15) is 5.75 Å². The molecule has 0 aromatic heterocycles. The van der Waals surface area contributed by atoms with Crippen molar-refractivity contribution in [3.8, 4) is 5.75 Å². The summed E-state index contributed by atoms with van der Waals surface area (Å²) in [4.78, 5) is 23.1. The monoisotopic (exact) mass is 426 g/mol. The lowest BCUT2D eigenvalue weighted by atomic mass is 10.1. The molecule has 0 saturated carbocycles. The van der Waals surface area contributed by atoms with Crippen LogP contribution in [0.25, 0.3) is 0 Å². The van der Waals surface area contributed by atoms with Gasteiger partial charge in [-0.15, -0.1) is 0 Å². The Hall–Kier alpha value is -3.07. The van der Waals surface area contributed by atoms with Crippen LogP contribution in [-0.4, -0.2) is 49.3 Å². The predicted molar refractivity (Wildman–Crippen MR) is 106 cm³/mol. The number of rotatable bonds is 7. The Morgan fingerprint density at radius 3 is 2.10 bits per heavy atom. The van der Waals surface area contributed by atoms with Gasteiger partial charge in [0.05, 0.1) is 13.5 Å². The number of carbonyl (C=O) groups excluding carboxylic acids is 1. The highest BCUT2D eigenvalue weighted by atomic mass is 19.4. The van der Waals surface area contributed by atoms with Gasteiger partial charge in [-0.3, -0.25) is 4.79 Å². The zero-order valence-corrected chi connectivity index (χ0v) is 17.0. The molecule has 0 bridgehead atoms. The van der Waals surface area contributed by atoms with Crippen LogP contribution < -0.4 is 10.1 Å². The van der Waals surface area contributed by atoms with Crippen LogP contribution in [-0.2, 0) is 29.1 Å². The van der Waals surface area contributed by atoms with Crippen molar-refractivity contribution in [1.82, 2.24) is 10.2 Å². The standard InChI is InChI=1S/C19H24N2O2.C2HF3O2/c1-21(2)14-17-6-4-5-16(11-17)13-20-19(22)12-15-7-9-18(23-3)10-8-15;3-2(4,5)1(6)7/h4-11H,12-14H2,1-3H3,(H,20,22);(H,6,7). The molecule has 2 rings (SSSR count). The molecule has 0 fully saturated rings. The zero-order valence-electron chi connectivity index (χ0n) is 17.0. The van der Waals surface area contributed by atoms with Crippen molar-refractivity contribution in [2.45, 2.75) is 25.7 Å². The van der Waals surface area contributed by atoms with E-state index in [2.05, 4.69) is 22.3 Å². The summed E-state index contributed by atoms with van der Waals surface area (Å²) in [6, 6.07) is 15.9. The van der Waals surface area contributed by atoms with Gasteiger partial charge in [-0.25, -0.2) is 4.79 Å². The van der Waals surface area contributed by atoms with E-state index >= 15 is 0 Å². The van der Waals surface area contributed by atoms with E-state index in [0.717, 1.165) is 23.4 Å². The molecular weight excluding hydrogens is 401 g/mol. The first kappa shape index (κ1) is 25.0. The van der Waals surface area contributed by atoms with Gasteiger partial charge in [0.15, 0.2) is 0 Å². The molecule has 2 N–H and O–H groups in total. The summed E-state index contributed by atoms with van der Waals surface area (Å²) in [6.07, 6.45) is -4.71. The summed E-state index contributed by atoms with van der Waals surface area (Å²) in [5.41, 5.74) is 3.34. The smallest absolute Gasteiger partial charge is 0.490 e. The average Bonchev–Trinajstić information content (AvgIpc) is 2.66. The fourth-order valence-electron chi connectivity index (χ4n) is 2.40. The highest BCUT2D eigenvalue weighted by Gasteiger charge is 2.38. The molecule has 1 amide bonds. The van der Waals surface area contributed by atoms with Crippen LogP contribution in [0.5, 0.6) is 5.75 Å². The molecule has 0 aliphatic heterocycles. The highest BCUT2D eigenvalue weighted by Crippen LogP contribution is 2.13. The lowest BCUT2D eigenvalue weighted by molar-refractivity contribution is -0.192. The number of nitrogens with zero attached hydrogens (tertiary/aromatic N) is 1. The van der Waals surface area contributed by atoms with Gasteiger partial charge >= 0.3 is 12.1 Å². The van der Waals surface area contributed by atoms with Crippen LogP contribution in [0.15, 0.2) is 48.5 Å². The zero-order chi connectivity index (χ0) is 22.7. The quantitative estimate of drug-likeness (QED) is 0.711. The Morgan fingerprint density at radius 1 is 1.03 bits per heavy atom. The van der Waals surface area contributed by atoms with Crippen LogP contribution in [0.3, 0.4) is 0 Å². The molecule has 0 aliphatic carbocycles. The van der Waals surface area contributed by atoms with E-state index in [1.807, 2.05) is 50.5 Å². The van der Waals surface area contributed by atoms with Gasteiger partial charge in [0, 0.05) is 13.1 Å². The second kappa shape index (κ2) is 11.8. The number of nitrogens with one attached hydrogen (secondary N) is 1. The van der Waals surface area contributed by atoms with Gasteiger partial charge in [-0.1, -0.05) is 36.4 Å². The molecular formula is C21H25F3N2O4. The summed E-state index contributed by atoms with van der Waals surface area (Å²) in [5.74, 6) is -1.94. The number of ether oxygens (including phenoxy) is 1. The molecule has 9 heteroatoms. The first-order chi connectivity index (χ1) is 14.0. The third-order valence-corrected chi connectivity index (χ3v) is 3.75. The summed E-state index contributed by atoms with van der Waals surface area (Å²) in [5, 5.41) is 10.1. The SMILES string of the molecule is COc1ccc(CC(=O)NCc2cccc(CN(C)C)c2)cc1.O=C(O)C(F)(F)F. The number of halogens is 3. The maximum Gasteiger partial charge on any atom is 0.490 e. The molecule has 0 saturated heterocycles. The largest absolute Gasteiger partial charge is 0.497 e. The Bertz CT molecular complexity index is 822. The molecule has 0 atom stereocenters. The van der Waals surface area contributed by atoms with Crippen molar-refractivity contribution in [1.29, 1.82) is 0 Å². The predicted octanol–water partition coefficient (Wildman–Crippen LogP) is 3.25. The van der Waals surface area contributed by atoms with Gasteiger partial charge in [0.25, 0.3) is 0 Å².